The fourth-order valence-electron chi connectivity index (χ4n) is 2.28. The predicted molar refractivity (Wildman–Crippen MR) is 79.6 cm³/mol. The summed E-state index contributed by atoms with van der Waals surface area (Å²) in [7, 11) is 0. The lowest BCUT2D eigenvalue weighted by atomic mass is 9.80. The molecule has 2 N–H and O–H groups in total. The monoisotopic (exact) mass is 280 g/mol. The lowest BCUT2D eigenvalue weighted by Gasteiger charge is -2.31. The van der Waals surface area contributed by atoms with Gasteiger partial charge in [-0.1, -0.05) is 24.1 Å². The summed E-state index contributed by atoms with van der Waals surface area (Å²) in [6, 6.07) is 5.93. The van der Waals surface area contributed by atoms with Gasteiger partial charge in [-0.15, -0.1) is 0 Å². The van der Waals surface area contributed by atoms with Gasteiger partial charge in [-0.3, -0.25) is 4.79 Å². The van der Waals surface area contributed by atoms with Gasteiger partial charge in [0.25, 0.3) is 0 Å². The fraction of sp³-hybridized carbons (Fsp3) is 0.533. The van der Waals surface area contributed by atoms with E-state index < -0.39 is 0 Å². The third-order valence-corrected chi connectivity index (χ3v) is 4.15. The Morgan fingerprint density at radius 1 is 1.47 bits per heavy atom. The molecule has 1 aromatic carbocycles. The van der Waals surface area contributed by atoms with Gasteiger partial charge in [0.15, 0.2) is 0 Å². The third-order valence-electron chi connectivity index (χ3n) is 3.92. The van der Waals surface area contributed by atoms with Gasteiger partial charge in [-0.05, 0) is 50.3 Å². The predicted octanol–water partition coefficient (Wildman–Crippen LogP) is 3.37. The van der Waals surface area contributed by atoms with E-state index in [1.54, 1.807) is 6.07 Å². The minimum atomic E-state index is -0.0171. The largest absolute Gasteiger partial charge is 0.325 e. The van der Waals surface area contributed by atoms with Gasteiger partial charge in [0.05, 0.1) is 6.54 Å². The molecule has 1 saturated carbocycles. The van der Waals surface area contributed by atoms with Crippen LogP contribution in [0.15, 0.2) is 18.2 Å². The Morgan fingerprint density at radius 3 is 2.84 bits per heavy atom. The van der Waals surface area contributed by atoms with Crippen LogP contribution in [0.25, 0.3) is 0 Å². The van der Waals surface area contributed by atoms with Crippen molar-refractivity contribution in [1.29, 1.82) is 0 Å². The van der Waals surface area contributed by atoms with Crippen molar-refractivity contribution in [3.63, 3.8) is 0 Å². The molecule has 1 aromatic rings. The maximum absolute atomic E-state index is 11.9. The Morgan fingerprint density at radius 2 is 2.21 bits per heavy atom. The van der Waals surface area contributed by atoms with Crippen molar-refractivity contribution in [3.8, 4) is 0 Å². The molecule has 0 heterocycles. The average Bonchev–Trinajstić information content (AvgIpc) is 2.29. The molecule has 1 aliphatic rings. The first-order valence-electron chi connectivity index (χ1n) is 6.85. The molecule has 1 amide bonds. The number of hydrogen-bond acceptors (Lipinski definition) is 2. The molecule has 3 nitrogen and oxygen atoms in total. The molecule has 0 aromatic heterocycles. The zero-order valence-electron chi connectivity index (χ0n) is 11.5. The first-order valence-corrected chi connectivity index (χ1v) is 7.23. The molecule has 0 aliphatic heterocycles. The van der Waals surface area contributed by atoms with Gasteiger partial charge in [0.2, 0.25) is 5.91 Å². The highest BCUT2D eigenvalue weighted by molar-refractivity contribution is 6.31. The third kappa shape index (κ3) is 3.95. The van der Waals surface area contributed by atoms with Crippen LogP contribution in [0.3, 0.4) is 0 Å². The molecule has 1 unspecified atom stereocenters. The van der Waals surface area contributed by atoms with Crippen LogP contribution < -0.4 is 10.6 Å². The number of anilines is 1. The van der Waals surface area contributed by atoms with Crippen molar-refractivity contribution in [2.45, 2.75) is 39.2 Å². The van der Waals surface area contributed by atoms with Gasteiger partial charge in [0.1, 0.15) is 0 Å². The molecule has 1 aliphatic carbocycles. The molecule has 104 valence electrons. The van der Waals surface area contributed by atoms with Gasteiger partial charge < -0.3 is 10.6 Å². The minimum Gasteiger partial charge on any atom is -0.325 e. The Bertz CT molecular complexity index is 457. The van der Waals surface area contributed by atoms with Gasteiger partial charge in [-0.2, -0.15) is 0 Å². The van der Waals surface area contributed by atoms with E-state index in [0.29, 0.717) is 17.6 Å². The zero-order chi connectivity index (χ0) is 13.8. The zero-order valence-corrected chi connectivity index (χ0v) is 12.3. The van der Waals surface area contributed by atoms with E-state index in [-0.39, 0.29) is 5.91 Å². The van der Waals surface area contributed by atoms with Crippen LogP contribution in [0.4, 0.5) is 5.69 Å². The molecule has 2 rings (SSSR count). The molecule has 4 heteroatoms. The standard InChI is InChI=1S/C15H21ClN2O/c1-10-6-7-13(16)8-14(10)18-15(19)9-17-11(2)12-4-3-5-12/h6-8,11-12,17H,3-5,9H2,1-2H3,(H,18,19). The van der Waals surface area contributed by atoms with Gasteiger partial charge >= 0.3 is 0 Å². The van der Waals surface area contributed by atoms with E-state index in [4.69, 9.17) is 11.6 Å². The van der Waals surface area contributed by atoms with E-state index in [9.17, 15) is 4.79 Å². The molecule has 0 saturated heterocycles. The summed E-state index contributed by atoms with van der Waals surface area (Å²) in [4.78, 5) is 11.9. The van der Waals surface area contributed by atoms with Crippen molar-refractivity contribution in [2.75, 3.05) is 11.9 Å². The van der Waals surface area contributed by atoms with Crippen LogP contribution in [0.1, 0.15) is 31.7 Å². The maximum atomic E-state index is 11.9. The number of amides is 1. The molecule has 0 radical (unpaired) electrons. The second-order valence-corrected chi connectivity index (χ2v) is 5.80. The molecule has 0 bridgehead atoms. The molecular formula is C15H21ClN2O. The molecule has 1 atom stereocenters. The van der Waals surface area contributed by atoms with Crippen LogP contribution in [-0.2, 0) is 4.79 Å². The summed E-state index contributed by atoms with van der Waals surface area (Å²) in [5.41, 5.74) is 1.81. The summed E-state index contributed by atoms with van der Waals surface area (Å²) in [6.07, 6.45) is 3.89. The Kier molecular flexibility index (Phi) is 4.83. The van der Waals surface area contributed by atoms with Crippen molar-refractivity contribution in [1.82, 2.24) is 5.32 Å². The van der Waals surface area contributed by atoms with Crippen LogP contribution in [-0.4, -0.2) is 18.5 Å². The van der Waals surface area contributed by atoms with Crippen molar-refractivity contribution >= 4 is 23.2 Å². The number of aryl methyl sites for hydroxylation is 1. The summed E-state index contributed by atoms with van der Waals surface area (Å²) < 4.78 is 0. The normalized spacial score (nSPS) is 16.8. The van der Waals surface area contributed by atoms with Crippen LogP contribution in [0, 0.1) is 12.8 Å². The highest BCUT2D eigenvalue weighted by Crippen LogP contribution is 2.29. The van der Waals surface area contributed by atoms with Crippen molar-refractivity contribution in [2.24, 2.45) is 5.92 Å². The highest BCUT2D eigenvalue weighted by Gasteiger charge is 2.23. The number of nitrogens with one attached hydrogen (secondary N) is 2. The highest BCUT2D eigenvalue weighted by atomic mass is 35.5. The maximum Gasteiger partial charge on any atom is 0.238 e. The molecule has 0 spiro atoms. The molecule has 19 heavy (non-hydrogen) atoms. The van der Waals surface area contributed by atoms with E-state index in [2.05, 4.69) is 17.6 Å². The number of hydrogen-bond donors (Lipinski definition) is 2. The number of benzene rings is 1. The van der Waals surface area contributed by atoms with Crippen molar-refractivity contribution in [3.05, 3.63) is 28.8 Å². The Balaban J connectivity index is 1.81. The SMILES string of the molecule is Cc1ccc(Cl)cc1NC(=O)CNC(C)C1CCC1. The number of rotatable bonds is 5. The van der Waals surface area contributed by atoms with Crippen LogP contribution >= 0.6 is 11.6 Å². The topological polar surface area (TPSA) is 41.1 Å². The quantitative estimate of drug-likeness (QED) is 0.868. The Hall–Kier alpha value is -1.06. The van der Waals surface area contributed by atoms with Crippen LogP contribution in [0.5, 0.6) is 0 Å². The first-order chi connectivity index (χ1) is 9.06. The van der Waals surface area contributed by atoms with E-state index >= 15 is 0 Å². The molecule has 1 fully saturated rings. The summed E-state index contributed by atoms with van der Waals surface area (Å²) >= 11 is 5.93. The second-order valence-electron chi connectivity index (χ2n) is 5.37. The van der Waals surface area contributed by atoms with Crippen molar-refractivity contribution < 1.29 is 4.79 Å². The minimum absolute atomic E-state index is 0.0171. The van der Waals surface area contributed by atoms with E-state index in [1.165, 1.54) is 19.3 Å². The first kappa shape index (κ1) is 14.4. The number of carbonyl (C=O) groups excluding carboxylic acids is 1. The fourth-order valence-corrected chi connectivity index (χ4v) is 2.46. The lowest BCUT2D eigenvalue weighted by Crippen LogP contribution is -2.41. The number of halogens is 1. The van der Waals surface area contributed by atoms with Gasteiger partial charge in [-0.25, -0.2) is 0 Å². The summed E-state index contributed by atoms with van der Waals surface area (Å²) in [5.74, 6) is 0.720. The molecular weight excluding hydrogens is 260 g/mol. The average molecular weight is 281 g/mol. The lowest BCUT2D eigenvalue weighted by molar-refractivity contribution is -0.115. The Labute approximate surface area is 119 Å². The smallest absolute Gasteiger partial charge is 0.238 e. The van der Waals surface area contributed by atoms with E-state index in [1.807, 2.05) is 19.1 Å². The van der Waals surface area contributed by atoms with Gasteiger partial charge in [0, 0.05) is 16.8 Å². The second kappa shape index (κ2) is 6.40. The summed E-state index contributed by atoms with van der Waals surface area (Å²) in [5, 5.41) is 6.82. The number of carbonyl (C=O) groups is 1. The van der Waals surface area contributed by atoms with Crippen LogP contribution in [0.2, 0.25) is 5.02 Å². The van der Waals surface area contributed by atoms with E-state index in [0.717, 1.165) is 17.2 Å². The summed E-state index contributed by atoms with van der Waals surface area (Å²) in [6.45, 7) is 4.46.